The second kappa shape index (κ2) is 4.00. The molecule has 0 spiro atoms. The molecule has 0 unspecified atom stereocenters. The summed E-state index contributed by atoms with van der Waals surface area (Å²) in [6.07, 6.45) is 5.55. The van der Waals surface area contributed by atoms with E-state index in [1.807, 2.05) is 0 Å². The molecule has 0 N–H and O–H groups in total. The van der Waals surface area contributed by atoms with Crippen molar-refractivity contribution >= 4 is 16.7 Å². The molecule has 1 aromatic rings. The first-order valence-electron chi connectivity index (χ1n) is 4.72. The molecule has 2 rings (SSSR count). The fourth-order valence-electron chi connectivity index (χ4n) is 1.53. The highest BCUT2D eigenvalue weighted by atomic mass is 32.1. The summed E-state index contributed by atoms with van der Waals surface area (Å²) in [6, 6.07) is 0. The highest BCUT2D eigenvalue weighted by Crippen LogP contribution is 2.29. The van der Waals surface area contributed by atoms with Crippen LogP contribution in [-0.4, -0.2) is 28.4 Å². The summed E-state index contributed by atoms with van der Waals surface area (Å²) in [5, 5.41) is 8.43. The number of anilines is 1. The minimum Gasteiger partial charge on any atom is -0.348 e. The SMILES string of the molecule is CN(CCC1CCC1)c1nnns1. The second-order valence-electron chi connectivity index (χ2n) is 3.65. The summed E-state index contributed by atoms with van der Waals surface area (Å²) in [4.78, 5) is 2.14. The van der Waals surface area contributed by atoms with Crippen molar-refractivity contribution in [3.63, 3.8) is 0 Å². The third-order valence-corrected chi connectivity index (χ3v) is 3.42. The van der Waals surface area contributed by atoms with Crippen LogP contribution in [0.25, 0.3) is 0 Å². The van der Waals surface area contributed by atoms with E-state index in [0.29, 0.717) is 0 Å². The van der Waals surface area contributed by atoms with Gasteiger partial charge in [-0.1, -0.05) is 28.8 Å². The molecule has 13 heavy (non-hydrogen) atoms. The predicted octanol–water partition coefficient (Wildman–Crippen LogP) is 1.56. The third kappa shape index (κ3) is 2.15. The zero-order valence-electron chi connectivity index (χ0n) is 7.81. The smallest absolute Gasteiger partial charge is 0.227 e. The predicted molar refractivity (Wildman–Crippen MR) is 52.9 cm³/mol. The Bertz CT molecular complexity index is 245. The van der Waals surface area contributed by atoms with E-state index in [-0.39, 0.29) is 0 Å². The second-order valence-corrected chi connectivity index (χ2v) is 4.36. The maximum absolute atomic E-state index is 3.92. The molecule has 1 heterocycles. The van der Waals surface area contributed by atoms with Crippen molar-refractivity contribution in [2.24, 2.45) is 5.92 Å². The maximum Gasteiger partial charge on any atom is 0.227 e. The molecule has 0 atom stereocenters. The number of rotatable bonds is 4. The number of hydrogen-bond donors (Lipinski definition) is 0. The van der Waals surface area contributed by atoms with Crippen LogP contribution in [0, 0.1) is 5.92 Å². The Morgan fingerprint density at radius 1 is 1.54 bits per heavy atom. The van der Waals surface area contributed by atoms with Gasteiger partial charge in [-0.05, 0) is 17.6 Å². The van der Waals surface area contributed by atoms with Crippen LogP contribution < -0.4 is 4.90 Å². The van der Waals surface area contributed by atoms with Crippen LogP contribution >= 0.6 is 11.5 Å². The van der Waals surface area contributed by atoms with E-state index in [9.17, 15) is 0 Å². The van der Waals surface area contributed by atoms with Crippen LogP contribution in [-0.2, 0) is 0 Å². The summed E-state index contributed by atoms with van der Waals surface area (Å²) in [6.45, 7) is 1.08. The molecule has 1 aliphatic carbocycles. The van der Waals surface area contributed by atoms with E-state index in [4.69, 9.17) is 0 Å². The normalized spacial score (nSPS) is 17.0. The molecule has 0 amide bonds. The van der Waals surface area contributed by atoms with Gasteiger partial charge in [0.2, 0.25) is 5.13 Å². The standard InChI is InChI=1S/C8H14N4S/c1-12(8-9-10-11-13-8)6-5-7-3-2-4-7/h7H,2-6H2,1H3. The monoisotopic (exact) mass is 198 g/mol. The highest BCUT2D eigenvalue weighted by molar-refractivity contribution is 7.09. The molecule has 72 valence electrons. The highest BCUT2D eigenvalue weighted by Gasteiger charge is 2.18. The van der Waals surface area contributed by atoms with Gasteiger partial charge in [0.1, 0.15) is 0 Å². The van der Waals surface area contributed by atoms with Gasteiger partial charge in [0.25, 0.3) is 0 Å². The van der Waals surface area contributed by atoms with E-state index in [2.05, 4.69) is 26.7 Å². The number of aromatic nitrogens is 3. The van der Waals surface area contributed by atoms with Crippen molar-refractivity contribution in [2.75, 3.05) is 18.5 Å². The van der Waals surface area contributed by atoms with E-state index in [1.165, 1.54) is 37.2 Å². The molecule has 0 saturated heterocycles. The summed E-state index contributed by atoms with van der Waals surface area (Å²) >= 11 is 1.36. The van der Waals surface area contributed by atoms with Crippen molar-refractivity contribution in [2.45, 2.75) is 25.7 Å². The van der Waals surface area contributed by atoms with Crippen LogP contribution in [0.3, 0.4) is 0 Å². The quantitative estimate of drug-likeness (QED) is 0.736. The summed E-state index contributed by atoms with van der Waals surface area (Å²) < 4.78 is 3.74. The van der Waals surface area contributed by atoms with E-state index in [0.717, 1.165) is 17.6 Å². The lowest BCUT2D eigenvalue weighted by Crippen LogP contribution is -2.23. The van der Waals surface area contributed by atoms with Crippen molar-refractivity contribution in [3.8, 4) is 0 Å². The fraction of sp³-hybridized carbons (Fsp3) is 0.875. The summed E-state index contributed by atoms with van der Waals surface area (Å²) in [5.74, 6) is 0.961. The lowest BCUT2D eigenvalue weighted by atomic mass is 9.83. The Kier molecular flexibility index (Phi) is 2.73. The molecular formula is C8H14N4S. The first-order chi connectivity index (χ1) is 6.36. The molecule has 1 fully saturated rings. The van der Waals surface area contributed by atoms with Crippen LogP contribution in [0.2, 0.25) is 0 Å². The number of hydrogen-bond acceptors (Lipinski definition) is 5. The average Bonchev–Trinajstić information content (AvgIpc) is 2.52. The third-order valence-electron chi connectivity index (χ3n) is 2.71. The molecule has 0 bridgehead atoms. The molecule has 5 heteroatoms. The average molecular weight is 198 g/mol. The van der Waals surface area contributed by atoms with Crippen molar-refractivity contribution in [3.05, 3.63) is 0 Å². The van der Waals surface area contributed by atoms with Gasteiger partial charge in [0.05, 0.1) is 0 Å². The largest absolute Gasteiger partial charge is 0.348 e. The lowest BCUT2D eigenvalue weighted by Gasteiger charge is -2.27. The van der Waals surface area contributed by atoms with Gasteiger partial charge in [-0.2, -0.15) is 0 Å². The van der Waals surface area contributed by atoms with Gasteiger partial charge in [-0.25, -0.2) is 0 Å². The van der Waals surface area contributed by atoms with Gasteiger partial charge in [-0.3, -0.25) is 0 Å². The Morgan fingerprint density at radius 2 is 2.38 bits per heavy atom. The molecule has 0 aromatic carbocycles. The Morgan fingerprint density at radius 3 is 2.92 bits per heavy atom. The summed E-state index contributed by atoms with van der Waals surface area (Å²) in [7, 11) is 2.06. The van der Waals surface area contributed by atoms with E-state index >= 15 is 0 Å². The van der Waals surface area contributed by atoms with Crippen molar-refractivity contribution in [1.29, 1.82) is 0 Å². The molecule has 1 saturated carbocycles. The van der Waals surface area contributed by atoms with Gasteiger partial charge in [0, 0.05) is 25.1 Å². The minimum absolute atomic E-state index is 0.930. The Balaban J connectivity index is 1.74. The lowest BCUT2D eigenvalue weighted by molar-refractivity contribution is 0.299. The van der Waals surface area contributed by atoms with E-state index in [1.54, 1.807) is 0 Å². The molecule has 0 radical (unpaired) electrons. The molecule has 0 aliphatic heterocycles. The van der Waals surface area contributed by atoms with Crippen molar-refractivity contribution in [1.82, 2.24) is 14.8 Å². The van der Waals surface area contributed by atoms with Gasteiger partial charge >= 0.3 is 0 Å². The number of nitrogens with zero attached hydrogens (tertiary/aromatic N) is 4. The van der Waals surface area contributed by atoms with Crippen LogP contribution in [0.5, 0.6) is 0 Å². The fourth-order valence-corrected chi connectivity index (χ4v) is 1.98. The Labute approximate surface area is 82.1 Å². The minimum atomic E-state index is 0.930. The zero-order valence-corrected chi connectivity index (χ0v) is 8.63. The topological polar surface area (TPSA) is 41.9 Å². The molecular weight excluding hydrogens is 184 g/mol. The molecule has 1 aliphatic rings. The molecule has 1 aromatic heterocycles. The van der Waals surface area contributed by atoms with Gasteiger partial charge in [0.15, 0.2) is 0 Å². The first kappa shape index (κ1) is 8.87. The van der Waals surface area contributed by atoms with Crippen molar-refractivity contribution < 1.29 is 0 Å². The summed E-state index contributed by atoms with van der Waals surface area (Å²) in [5.41, 5.74) is 0. The maximum atomic E-state index is 3.92. The Hall–Kier alpha value is -0.710. The zero-order chi connectivity index (χ0) is 9.10. The van der Waals surface area contributed by atoms with Crippen LogP contribution in [0.15, 0.2) is 0 Å². The van der Waals surface area contributed by atoms with Gasteiger partial charge < -0.3 is 4.90 Å². The van der Waals surface area contributed by atoms with Crippen LogP contribution in [0.4, 0.5) is 5.13 Å². The molecule has 4 nitrogen and oxygen atoms in total. The van der Waals surface area contributed by atoms with Gasteiger partial charge in [-0.15, -0.1) is 0 Å². The van der Waals surface area contributed by atoms with E-state index < -0.39 is 0 Å². The first-order valence-corrected chi connectivity index (χ1v) is 5.50. The van der Waals surface area contributed by atoms with Crippen LogP contribution in [0.1, 0.15) is 25.7 Å².